The predicted molar refractivity (Wildman–Crippen MR) is 72.6 cm³/mol. The zero-order valence-electron chi connectivity index (χ0n) is 11.4. The van der Waals surface area contributed by atoms with Crippen molar-refractivity contribution in [1.29, 1.82) is 0 Å². The van der Waals surface area contributed by atoms with Gasteiger partial charge in [0.05, 0.1) is 0 Å². The first-order chi connectivity index (χ1) is 8.74. The fraction of sp³-hybridized carbons (Fsp3) is 0.923. The molecule has 1 unspecified atom stereocenters. The van der Waals surface area contributed by atoms with Crippen molar-refractivity contribution in [3.8, 4) is 0 Å². The molecule has 0 aromatic heterocycles. The number of likely N-dealkylation sites (tertiary alicyclic amines) is 1. The Hall–Kier alpha value is -0.810. The van der Waals surface area contributed by atoms with Crippen LogP contribution in [0.1, 0.15) is 25.7 Å². The van der Waals surface area contributed by atoms with Crippen molar-refractivity contribution in [3.05, 3.63) is 0 Å². The van der Waals surface area contributed by atoms with Crippen LogP contribution in [0.4, 0.5) is 4.79 Å². The maximum absolute atomic E-state index is 11.8. The summed E-state index contributed by atoms with van der Waals surface area (Å²) in [5.74, 6) is 0.649. The Morgan fingerprint density at radius 2 is 2.11 bits per heavy atom. The number of amides is 2. The van der Waals surface area contributed by atoms with Crippen LogP contribution in [0, 0.1) is 5.92 Å². The van der Waals surface area contributed by atoms with E-state index in [-0.39, 0.29) is 6.03 Å². The van der Waals surface area contributed by atoms with Crippen molar-refractivity contribution in [2.75, 3.05) is 39.8 Å². The lowest BCUT2D eigenvalue weighted by Gasteiger charge is -2.29. The monoisotopic (exact) mass is 254 g/mol. The van der Waals surface area contributed by atoms with Crippen LogP contribution in [0.3, 0.4) is 0 Å². The van der Waals surface area contributed by atoms with E-state index in [2.05, 4.69) is 27.9 Å². The fourth-order valence-electron chi connectivity index (χ4n) is 2.71. The van der Waals surface area contributed by atoms with Crippen LogP contribution in [0.2, 0.25) is 0 Å². The lowest BCUT2D eigenvalue weighted by atomic mass is 9.97. The van der Waals surface area contributed by atoms with Crippen LogP contribution < -0.4 is 16.0 Å². The van der Waals surface area contributed by atoms with E-state index >= 15 is 0 Å². The lowest BCUT2D eigenvalue weighted by Crippen LogP contribution is -2.50. The molecule has 2 fully saturated rings. The summed E-state index contributed by atoms with van der Waals surface area (Å²) in [6, 6.07) is 0.305. The Morgan fingerprint density at radius 1 is 1.33 bits per heavy atom. The van der Waals surface area contributed by atoms with E-state index in [1.54, 1.807) is 0 Å². The maximum Gasteiger partial charge on any atom is 0.315 e. The number of carbonyl (C=O) groups is 1. The number of hydrogen-bond acceptors (Lipinski definition) is 3. The minimum Gasteiger partial charge on any atom is -0.338 e. The van der Waals surface area contributed by atoms with Crippen LogP contribution in [0.15, 0.2) is 0 Å². The Labute approximate surface area is 110 Å². The van der Waals surface area contributed by atoms with E-state index in [0.29, 0.717) is 12.0 Å². The van der Waals surface area contributed by atoms with Crippen LogP contribution in [-0.4, -0.2) is 56.7 Å². The van der Waals surface area contributed by atoms with Crippen LogP contribution in [0.25, 0.3) is 0 Å². The third kappa shape index (κ3) is 4.46. The van der Waals surface area contributed by atoms with E-state index < -0.39 is 0 Å². The van der Waals surface area contributed by atoms with Crippen molar-refractivity contribution >= 4 is 6.03 Å². The van der Waals surface area contributed by atoms with E-state index in [1.165, 1.54) is 12.8 Å². The summed E-state index contributed by atoms with van der Waals surface area (Å²) < 4.78 is 0. The summed E-state index contributed by atoms with van der Waals surface area (Å²) in [5, 5.41) is 9.36. The highest BCUT2D eigenvalue weighted by Gasteiger charge is 2.18. The van der Waals surface area contributed by atoms with Crippen LogP contribution >= 0.6 is 0 Å². The highest BCUT2D eigenvalue weighted by Crippen LogP contribution is 2.14. The molecule has 5 nitrogen and oxygen atoms in total. The van der Waals surface area contributed by atoms with Gasteiger partial charge in [-0.3, -0.25) is 0 Å². The summed E-state index contributed by atoms with van der Waals surface area (Å²) in [5.41, 5.74) is 0. The highest BCUT2D eigenvalue weighted by molar-refractivity contribution is 5.74. The molecule has 2 amide bonds. The molecule has 2 heterocycles. The Morgan fingerprint density at radius 3 is 2.78 bits per heavy atom. The van der Waals surface area contributed by atoms with Crippen molar-refractivity contribution < 1.29 is 4.79 Å². The molecule has 0 spiro atoms. The van der Waals surface area contributed by atoms with E-state index in [0.717, 1.165) is 45.6 Å². The fourth-order valence-corrected chi connectivity index (χ4v) is 2.71. The molecule has 0 aliphatic carbocycles. The molecule has 104 valence electrons. The van der Waals surface area contributed by atoms with Gasteiger partial charge in [0.15, 0.2) is 0 Å². The molecule has 18 heavy (non-hydrogen) atoms. The summed E-state index contributed by atoms with van der Waals surface area (Å²) in [7, 11) is 2.16. The first kappa shape index (κ1) is 13.6. The number of piperidine rings is 2. The predicted octanol–water partition coefficient (Wildman–Crippen LogP) is 0.379. The van der Waals surface area contributed by atoms with Gasteiger partial charge in [0.2, 0.25) is 0 Å². The van der Waals surface area contributed by atoms with Crippen molar-refractivity contribution in [2.24, 2.45) is 5.92 Å². The smallest absolute Gasteiger partial charge is 0.315 e. The average Bonchev–Trinajstić information content (AvgIpc) is 2.39. The second-order valence-electron chi connectivity index (χ2n) is 5.64. The van der Waals surface area contributed by atoms with E-state index in [4.69, 9.17) is 0 Å². The minimum atomic E-state index is 0.00243. The van der Waals surface area contributed by atoms with Gasteiger partial charge in [0, 0.05) is 19.1 Å². The van der Waals surface area contributed by atoms with Gasteiger partial charge >= 0.3 is 6.03 Å². The molecule has 5 heteroatoms. The summed E-state index contributed by atoms with van der Waals surface area (Å²) >= 11 is 0. The second-order valence-corrected chi connectivity index (χ2v) is 5.64. The third-order valence-corrected chi connectivity index (χ3v) is 4.02. The normalized spacial score (nSPS) is 26.8. The van der Waals surface area contributed by atoms with Gasteiger partial charge in [-0.05, 0) is 58.3 Å². The number of nitrogens with one attached hydrogen (secondary N) is 3. The number of rotatable bonds is 3. The average molecular weight is 254 g/mol. The first-order valence-electron chi connectivity index (χ1n) is 7.17. The highest BCUT2D eigenvalue weighted by atomic mass is 16.2. The molecule has 0 bridgehead atoms. The first-order valence-corrected chi connectivity index (χ1v) is 7.17. The number of urea groups is 1. The van der Waals surface area contributed by atoms with Gasteiger partial charge in [0.1, 0.15) is 0 Å². The maximum atomic E-state index is 11.8. The number of carbonyl (C=O) groups excluding carboxylic acids is 1. The second kappa shape index (κ2) is 6.95. The van der Waals surface area contributed by atoms with Gasteiger partial charge in [-0.1, -0.05) is 0 Å². The minimum absolute atomic E-state index is 0.00243. The van der Waals surface area contributed by atoms with Gasteiger partial charge in [0.25, 0.3) is 0 Å². The largest absolute Gasteiger partial charge is 0.338 e. The van der Waals surface area contributed by atoms with E-state index in [1.807, 2.05) is 0 Å². The molecule has 2 aliphatic heterocycles. The molecule has 3 N–H and O–H groups in total. The SMILES string of the molecule is CN1CCC(CNC(=O)NC2CCCNC2)CC1. The number of nitrogens with zero attached hydrogens (tertiary/aromatic N) is 1. The topological polar surface area (TPSA) is 56.4 Å². The molecule has 0 aromatic carbocycles. The molecule has 1 atom stereocenters. The summed E-state index contributed by atoms with van der Waals surface area (Å²) in [4.78, 5) is 14.1. The van der Waals surface area contributed by atoms with Crippen LogP contribution in [-0.2, 0) is 0 Å². The van der Waals surface area contributed by atoms with Gasteiger partial charge < -0.3 is 20.9 Å². The molecule has 2 saturated heterocycles. The zero-order chi connectivity index (χ0) is 12.8. The molecular weight excluding hydrogens is 228 g/mol. The lowest BCUT2D eigenvalue weighted by molar-refractivity contribution is 0.207. The Bertz CT molecular complexity index is 258. The van der Waals surface area contributed by atoms with Crippen molar-refractivity contribution in [1.82, 2.24) is 20.9 Å². The molecule has 2 rings (SSSR count). The third-order valence-electron chi connectivity index (χ3n) is 4.02. The Balaban J connectivity index is 1.59. The molecule has 2 aliphatic rings. The van der Waals surface area contributed by atoms with Crippen molar-refractivity contribution in [2.45, 2.75) is 31.7 Å². The van der Waals surface area contributed by atoms with Gasteiger partial charge in [-0.15, -0.1) is 0 Å². The zero-order valence-corrected chi connectivity index (χ0v) is 11.4. The molecule has 0 aromatic rings. The van der Waals surface area contributed by atoms with Gasteiger partial charge in [-0.25, -0.2) is 4.79 Å². The van der Waals surface area contributed by atoms with Crippen molar-refractivity contribution in [3.63, 3.8) is 0 Å². The standard InChI is InChI=1S/C13H26N4O/c1-17-7-4-11(5-8-17)9-15-13(18)16-12-3-2-6-14-10-12/h11-12,14H,2-10H2,1H3,(H2,15,16,18). The molecule has 0 radical (unpaired) electrons. The summed E-state index contributed by atoms with van der Waals surface area (Å²) in [6.07, 6.45) is 4.64. The number of hydrogen-bond donors (Lipinski definition) is 3. The Kier molecular flexibility index (Phi) is 5.26. The summed E-state index contributed by atoms with van der Waals surface area (Å²) in [6.45, 7) is 5.11. The van der Waals surface area contributed by atoms with Crippen LogP contribution in [0.5, 0.6) is 0 Å². The molecule has 0 saturated carbocycles. The van der Waals surface area contributed by atoms with Gasteiger partial charge in [-0.2, -0.15) is 0 Å². The quantitative estimate of drug-likeness (QED) is 0.682. The van der Waals surface area contributed by atoms with E-state index in [9.17, 15) is 4.79 Å². The molecular formula is C13H26N4O.